The number of carbonyl (C=O) groups excluding carboxylic acids is 1. The van der Waals surface area contributed by atoms with E-state index in [4.69, 9.17) is 9.47 Å². The van der Waals surface area contributed by atoms with E-state index in [0.717, 1.165) is 10.2 Å². The molecule has 0 atom stereocenters. The number of para-hydroxylation sites is 1. The van der Waals surface area contributed by atoms with E-state index in [2.05, 4.69) is 10.1 Å². The topological polar surface area (TPSA) is 70.6 Å². The van der Waals surface area contributed by atoms with Crippen LogP contribution in [-0.2, 0) is 18.3 Å². The van der Waals surface area contributed by atoms with Crippen LogP contribution in [0.4, 0.5) is 0 Å². The Labute approximate surface area is 149 Å². The van der Waals surface area contributed by atoms with Crippen LogP contribution in [-0.4, -0.2) is 40.6 Å². The van der Waals surface area contributed by atoms with Crippen LogP contribution in [0.15, 0.2) is 35.5 Å². The van der Waals surface area contributed by atoms with Crippen molar-refractivity contribution in [3.63, 3.8) is 0 Å². The summed E-state index contributed by atoms with van der Waals surface area (Å²) < 4.78 is 15.2. The van der Waals surface area contributed by atoms with Crippen molar-refractivity contribution >= 4 is 27.5 Å². The third-order valence-corrected chi connectivity index (χ3v) is 4.73. The summed E-state index contributed by atoms with van der Waals surface area (Å²) in [5.74, 6) is -0.0973. The molecule has 1 amide bonds. The highest BCUT2D eigenvalue weighted by atomic mass is 32.1. The van der Waals surface area contributed by atoms with Crippen LogP contribution >= 0.6 is 11.3 Å². The average molecular weight is 360 g/mol. The molecule has 2 aromatic heterocycles. The van der Waals surface area contributed by atoms with E-state index < -0.39 is 0 Å². The molecule has 25 heavy (non-hydrogen) atoms. The third-order valence-electron chi connectivity index (χ3n) is 3.67. The summed E-state index contributed by atoms with van der Waals surface area (Å²) in [4.78, 5) is 17.6. The predicted octanol–water partition coefficient (Wildman–Crippen LogP) is 2.22. The molecule has 2 heterocycles. The van der Waals surface area contributed by atoms with Crippen LogP contribution in [0.3, 0.4) is 0 Å². The summed E-state index contributed by atoms with van der Waals surface area (Å²) in [5, 5.41) is 4.11. The largest absolute Gasteiger partial charge is 0.479 e. The lowest BCUT2D eigenvalue weighted by atomic mass is 10.3. The zero-order chi connectivity index (χ0) is 17.8. The number of thiazole rings is 1. The molecule has 0 aliphatic heterocycles. The molecule has 3 aromatic rings. The minimum atomic E-state index is -0.373. The van der Waals surface area contributed by atoms with Crippen LogP contribution in [0.5, 0.6) is 5.88 Å². The zero-order valence-corrected chi connectivity index (χ0v) is 15.2. The summed E-state index contributed by atoms with van der Waals surface area (Å²) in [6, 6.07) is 7.99. The van der Waals surface area contributed by atoms with E-state index in [-0.39, 0.29) is 11.8 Å². The molecule has 3 rings (SSSR count). The second kappa shape index (κ2) is 7.62. The quantitative estimate of drug-likeness (QED) is 0.632. The molecule has 7 nitrogen and oxygen atoms in total. The molecule has 0 saturated heterocycles. The number of nitrogens with zero attached hydrogens (tertiary/aromatic N) is 4. The Morgan fingerprint density at radius 3 is 2.92 bits per heavy atom. The van der Waals surface area contributed by atoms with Gasteiger partial charge in [0.2, 0.25) is 5.88 Å². The first kappa shape index (κ1) is 17.4. The van der Waals surface area contributed by atoms with Crippen LogP contribution in [0, 0.1) is 0 Å². The fourth-order valence-corrected chi connectivity index (χ4v) is 3.59. The highest BCUT2D eigenvalue weighted by Crippen LogP contribution is 2.18. The number of ether oxygens (including phenoxy) is 2. The fraction of sp³-hybridized carbons (Fsp3) is 0.353. The van der Waals surface area contributed by atoms with Gasteiger partial charge in [-0.05, 0) is 19.1 Å². The van der Waals surface area contributed by atoms with Crippen LogP contribution in [0.1, 0.15) is 17.3 Å². The molecule has 0 fully saturated rings. The molecule has 0 aliphatic rings. The summed E-state index contributed by atoms with van der Waals surface area (Å²) in [5.41, 5.74) is 1.38. The van der Waals surface area contributed by atoms with Gasteiger partial charge in [0.1, 0.15) is 5.56 Å². The Bertz CT molecular complexity index is 954. The number of fused-ring (bicyclic) bond motifs is 1. The van der Waals surface area contributed by atoms with Crippen molar-refractivity contribution in [3.05, 3.63) is 40.8 Å². The van der Waals surface area contributed by atoms with Crippen molar-refractivity contribution in [2.45, 2.75) is 13.5 Å². The Kier molecular flexibility index (Phi) is 5.30. The molecule has 0 saturated carbocycles. The number of hydrogen-bond acceptors (Lipinski definition) is 5. The van der Waals surface area contributed by atoms with Gasteiger partial charge in [-0.1, -0.05) is 23.5 Å². The Hall–Kier alpha value is -2.45. The summed E-state index contributed by atoms with van der Waals surface area (Å²) in [6.45, 7) is 3.81. The van der Waals surface area contributed by atoms with Gasteiger partial charge in [-0.2, -0.15) is 4.99 Å². The Morgan fingerprint density at radius 2 is 2.16 bits per heavy atom. The average Bonchev–Trinajstić information content (AvgIpc) is 3.15. The number of hydrogen-bond donors (Lipinski definition) is 0. The van der Waals surface area contributed by atoms with Crippen molar-refractivity contribution < 1.29 is 14.3 Å². The lowest BCUT2D eigenvalue weighted by molar-refractivity contribution is 0.0993. The summed E-state index contributed by atoms with van der Waals surface area (Å²) in [6.07, 6.45) is 1.61. The van der Waals surface area contributed by atoms with Crippen molar-refractivity contribution in [2.75, 3.05) is 20.3 Å². The SMILES string of the molecule is CCOCCn1c(=NC(=O)c2cn(C)nc2OC)sc2ccccc21. The van der Waals surface area contributed by atoms with Gasteiger partial charge >= 0.3 is 0 Å². The van der Waals surface area contributed by atoms with Gasteiger partial charge in [0.25, 0.3) is 5.91 Å². The fourth-order valence-electron chi connectivity index (χ4n) is 2.54. The maximum absolute atomic E-state index is 12.6. The Balaban J connectivity index is 2.05. The van der Waals surface area contributed by atoms with E-state index in [1.807, 2.05) is 35.8 Å². The molecule has 0 spiro atoms. The van der Waals surface area contributed by atoms with Crippen molar-refractivity contribution in [3.8, 4) is 5.88 Å². The smallest absolute Gasteiger partial charge is 0.286 e. The molecule has 0 bridgehead atoms. The molecule has 0 unspecified atom stereocenters. The monoisotopic (exact) mass is 360 g/mol. The van der Waals surface area contributed by atoms with E-state index in [1.54, 1.807) is 13.2 Å². The lowest BCUT2D eigenvalue weighted by Crippen LogP contribution is -2.19. The highest BCUT2D eigenvalue weighted by molar-refractivity contribution is 7.16. The molecule has 0 aliphatic carbocycles. The van der Waals surface area contributed by atoms with Gasteiger partial charge < -0.3 is 14.0 Å². The second-order valence-corrected chi connectivity index (χ2v) is 6.35. The Morgan fingerprint density at radius 1 is 1.36 bits per heavy atom. The number of methoxy groups -OCH3 is 1. The molecular weight excluding hydrogens is 340 g/mol. The van der Waals surface area contributed by atoms with Crippen LogP contribution in [0.2, 0.25) is 0 Å². The van der Waals surface area contributed by atoms with Gasteiger partial charge in [0.15, 0.2) is 4.80 Å². The minimum absolute atomic E-state index is 0.276. The van der Waals surface area contributed by atoms with Crippen molar-refractivity contribution in [1.82, 2.24) is 14.3 Å². The van der Waals surface area contributed by atoms with Crippen molar-refractivity contribution in [1.29, 1.82) is 0 Å². The molecule has 0 radical (unpaired) electrons. The third kappa shape index (κ3) is 3.64. The lowest BCUT2D eigenvalue weighted by Gasteiger charge is -2.05. The first-order valence-electron chi connectivity index (χ1n) is 7.96. The van der Waals surface area contributed by atoms with Crippen LogP contribution in [0.25, 0.3) is 10.2 Å². The van der Waals surface area contributed by atoms with Crippen LogP contribution < -0.4 is 9.54 Å². The first-order chi connectivity index (χ1) is 12.1. The maximum Gasteiger partial charge on any atom is 0.286 e. The maximum atomic E-state index is 12.6. The van der Waals surface area contributed by atoms with Gasteiger partial charge in [-0.3, -0.25) is 9.48 Å². The molecule has 8 heteroatoms. The number of rotatable bonds is 6. The summed E-state index contributed by atoms with van der Waals surface area (Å²) in [7, 11) is 3.22. The number of carbonyl (C=O) groups is 1. The normalized spacial score (nSPS) is 12.0. The number of benzene rings is 1. The molecule has 0 N–H and O–H groups in total. The number of aromatic nitrogens is 3. The molecular formula is C17H20N4O3S. The van der Waals surface area contributed by atoms with Gasteiger partial charge in [-0.25, -0.2) is 0 Å². The van der Waals surface area contributed by atoms with Gasteiger partial charge in [0, 0.05) is 26.4 Å². The van der Waals surface area contributed by atoms with E-state index in [9.17, 15) is 4.79 Å². The number of aryl methyl sites for hydroxylation is 1. The van der Waals surface area contributed by atoms with Gasteiger partial charge in [0.05, 0.1) is 23.9 Å². The van der Waals surface area contributed by atoms with Gasteiger partial charge in [-0.15, -0.1) is 5.10 Å². The zero-order valence-electron chi connectivity index (χ0n) is 14.4. The minimum Gasteiger partial charge on any atom is -0.479 e. The van der Waals surface area contributed by atoms with Crippen molar-refractivity contribution in [2.24, 2.45) is 12.0 Å². The van der Waals surface area contributed by atoms with E-state index in [0.29, 0.717) is 30.1 Å². The predicted molar refractivity (Wildman–Crippen MR) is 96.0 cm³/mol. The molecule has 1 aromatic carbocycles. The highest BCUT2D eigenvalue weighted by Gasteiger charge is 2.16. The number of amides is 1. The first-order valence-corrected chi connectivity index (χ1v) is 8.78. The standard InChI is InChI=1S/C17H20N4O3S/c1-4-24-10-9-21-13-7-5-6-8-14(13)25-17(21)18-15(22)12-11-20(2)19-16(12)23-3/h5-8,11H,4,9-10H2,1-3H3. The molecule has 132 valence electrons. The second-order valence-electron chi connectivity index (χ2n) is 5.34. The van der Waals surface area contributed by atoms with E-state index in [1.165, 1.54) is 23.1 Å². The van der Waals surface area contributed by atoms with E-state index >= 15 is 0 Å². The summed E-state index contributed by atoms with van der Waals surface area (Å²) >= 11 is 1.48.